The van der Waals surface area contributed by atoms with Gasteiger partial charge in [-0.25, -0.2) is 4.39 Å². The zero-order valence-electron chi connectivity index (χ0n) is 8.36. The van der Waals surface area contributed by atoms with E-state index in [4.69, 9.17) is 11.6 Å². The topological polar surface area (TPSA) is 4.93 Å². The smallest absolute Gasteiger partial charge is 0.144 e. The van der Waals surface area contributed by atoms with Crippen molar-refractivity contribution in [3.63, 3.8) is 0 Å². The molecule has 0 saturated heterocycles. The SMILES string of the molecule is Cc1cc(F)c(Cl)c2c1cc(C)n2C. The summed E-state index contributed by atoms with van der Waals surface area (Å²) in [6, 6.07) is 3.50. The number of halogens is 2. The molecule has 0 amide bonds. The van der Waals surface area contributed by atoms with Crippen LogP contribution in [0.25, 0.3) is 10.9 Å². The molecule has 1 aromatic carbocycles. The third-order valence-electron chi connectivity index (χ3n) is 2.66. The second-order valence-electron chi connectivity index (χ2n) is 3.60. The third kappa shape index (κ3) is 1.14. The summed E-state index contributed by atoms with van der Waals surface area (Å²) in [7, 11) is 1.89. The quantitative estimate of drug-likeness (QED) is 0.628. The molecule has 0 spiro atoms. The molecule has 0 radical (unpaired) electrons. The van der Waals surface area contributed by atoms with Crippen molar-refractivity contribution in [1.82, 2.24) is 4.57 Å². The van der Waals surface area contributed by atoms with Gasteiger partial charge < -0.3 is 4.57 Å². The summed E-state index contributed by atoms with van der Waals surface area (Å²) in [5.74, 6) is -0.349. The van der Waals surface area contributed by atoms with Gasteiger partial charge in [-0.05, 0) is 31.5 Å². The maximum Gasteiger partial charge on any atom is 0.144 e. The zero-order valence-corrected chi connectivity index (χ0v) is 9.11. The van der Waals surface area contributed by atoms with E-state index in [0.29, 0.717) is 0 Å². The number of aromatic nitrogens is 1. The lowest BCUT2D eigenvalue weighted by Gasteiger charge is -2.04. The Kier molecular flexibility index (Phi) is 2.04. The minimum atomic E-state index is -0.349. The first-order valence-electron chi connectivity index (χ1n) is 4.43. The second-order valence-corrected chi connectivity index (χ2v) is 3.97. The molecule has 0 bridgehead atoms. The van der Waals surface area contributed by atoms with Crippen LogP contribution in [-0.2, 0) is 7.05 Å². The highest BCUT2D eigenvalue weighted by Crippen LogP contribution is 2.30. The molecule has 2 rings (SSSR count). The molecular weight excluding hydrogens is 201 g/mol. The third-order valence-corrected chi connectivity index (χ3v) is 3.02. The van der Waals surface area contributed by atoms with E-state index in [-0.39, 0.29) is 10.8 Å². The van der Waals surface area contributed by atoms with Crippen molar-refractivity contribution in [2.45, 2.75) is 13.8 Å². The lowest BCUT2D eigenvalue weighted by Crippen LogP contribution is -1.92. The fourth-order valence-corrected chi connectivity index (χ4v) is 2.02. The maximum atomic E-state index is 13.4. The van der Waals surface area contributed by atoms with Gasteiger partial charge in [0, 0.05) is 18.1 Å². The normalized spacial score (nSPS) is 11.2. The highest BCUT2D eigenvalue weighted by molar-refractivity contribution is 6.35. The number of benzene rings is 1. The number of hydrogen-bond donors (Lipinski definition) is 0. The Morgan fingerprint density at radius 3 is 2.57 bits per heavy atom. The summed E-state index contributed by atoms with van der Waals surface area (Å²) in [6.07, 6.45) is 0. The van der Waals surface area contributed by atoms with E-state index in [2.05, 4.69) is 0 Å². The summed E-state index contributed by atoms with van der Waals surface area (Å²) < 4.78 is 15.3. The molecule has 0 unspecified atom stereocenters. The summed E-state index contributed by atoms with van der Waals surface area (Å²) in [6.45, 7) is 3.87. The largest absolute Gasteiger partial charge is 0.347 e. The van der Waals surface area contributed by atoms with Gasteiger partial charge in [0.1, 0.15) is 10.8 Å². The van der Waals surface area contributed by atoms with Crippen LogP contribution in [0.1, 0.15) is 11.3 Å². The second kappa shape index (κ2) is 2.99. The molecule has 0 atom stereocenters. The Hall–Kier alpha value is -1.02. The van der Waals surface area contributed by atoms with E-state index < -0.39 is 0 Å². The fraction of sp³-hybridized carbons (Fsp3) is 0.273. The minimum absolute atomic E-state index is 0.209. The molecule has 3 heteroatoms. The Morgan fingerprint density at radius 1 is 1.29 bits per heavy atom. The van der Waals surface area contributed by atoms with E-state index in [1.54, 1.807) is 0 Å². The Morgan fingerprint density at radius 2 is 1.93 bits per heavy atom. The number of fused-ring (bicyclic) bond motifs is 1. The van der Waals surface area contributed by atoms with Crippen LogP contribution >= 0.6 is 11.6 Å². The van der Waals surface area contributed by atoms with Crippen LogP contribution in [0.3, 0.4) is 0 Å². The molecule has 1 heterocycles. The van der Waals surface area contributed by atoms with Gasteiger partial charge in [0.15, 0.2) is 0 Å². The molecule has 0 aliphatic heterocycles. The van der Waals surface area contributed by atoms with Crippen LogP contribution in [0, 0.1) is 19.7 Å². The van der Waals surface area contributed by atoms with Gasteiger partial charge in [0.2, 0.25) is 0 Å². The van der Waals surface area contributed by atoms with Crippen LogP contribution in [0.5, 0.6) is 0 Å². The average Bonchev–Trinajstić information content (AvgIpc) is 2.41. The van der Waals surface area contributed by atoms with Crippen LogP contribution in [0.2, 0.25) is 5.02 Å². The zero-order chi connectivity index (χ0) is 10.5. The number of hydrogen-bond acceptors (Lipinski definition) is 0. The van der Waals surface area contributed by atoms with Crippen LogP contribution < -0.4 is 0 Å². The van der Waals surface area contributed by atoms with Gasteiger partial charge in [0.25, 0.3) is 0 Å². The first-order valence-corrected chi connectivity index (χ1v) is 4.81. The highest BCUT2D eigenvalue weighted by Gasteiger charge is 2.12. The maximum absolute atomic E-state index is 13.4. The minimum Gasteiger partial charge on any atom is -0.347 e. The van der Waals surface area contributed by atoms with Crippen molar-refractivity contribution in [1.29, 1.82) is 0 Å². The molecule has 1 aromatic heterocycles. The van der Waals surface area contributed by atoms with Crippen molar-refractivity contribution >= 4 is 22.5 Å². The van der Waals surface area contributed by atoms with Crippen molar-refractivity contribution < 1.29 is 4.39 Å². The van der Waals surface area contributed by atoms with E-state index in [0.717, 1.165) is 22.2 Å². The van der Waals surface area contributed by atoms with E-state index >= 15 is 0 Å². The number of nitrogens with zero attached hydrogens (tertiary/aromatic N) is 1. The highest BCUT2D eigenvalue weighted by atomic mass is 35.5. The van der Waals surface area contributed by atoms with Gasteiger partial charge in [-0.2, -0.15) is 0 Å². The Bertz CT molecular complexity index is 514. The van der Waals surface area contributed by atoms with Crippen molar-refractivity contribution in [2.24, 2.45) is 7.05 Å². The average molecular weight is 212 g/mol. The lowest BCUT2D eigenvalue weighted by molar-refractivity contribution is 0.628. The first-order chi connectivity index (χ1) is 6.52. The molecule has 74 valence electrons. The predicted octanol–water partition coefficient (Wildman–Crippen LogP) is 3.59. The molecule has 0 fully saturated rings. The summed E-state index contributed by atoms with van der Waals surface area (Å²) in [4.78, 5) is 0. The van der Waals surface area contributed by atoms with Gasteiger partial charge in [0.05, 0.1) is 5.52 Å². The predicted molar refractivity (Wildman–Crippen MR) is 57.4 cm³/mol. The van der Waals surface area contributed by atoms with E-state index in [1.807, 2.05) is 31.5 Å². The molecular formula is C11H11ClFN. The summed E-state index contributed by atoms with van der Waals surface area (Å²) in [5, 5.41) is 1.23. The van der Waals surface area contributed by atoms with Gasteiger partial charge in [-0.15, -0.1) is 0 Å². The molecule has 2 aromatic rings. The fourth-order valence-electron chi connectivity index (χ4n) is 1.74. The monoisotopic (exact) mass is 211 g/mol. The molecule has 0 N–H and O–H groups in total. The summed E-state index contributed by atoms with van der Waals surface area (Å²) in [5.41, 5.74) is 2.78. The standard InChI is InChI=1S/C11H11ClFN/c1-6-4-9(13)10(12)11-8(6)5-7(2)14(11)3/h4-5H,1-3H3. The van der Waals surface area contributed by atoms with Crippen LogP contribution in [-0.4, -0.2) is 4.57 Å². The van der Waals surface area contributed by atoms with Gasteiger partial charge in [-0.1, -0.05) is 11.6 Å². The lowest BCUT2D eigenvalue weighted by atomic mass is 10.1. The Balaban J connectivity index is 3.03. The molecule has 0 saturated carbocycles. The molecule has 0 aliphatic carbocycles. The van der Waals surface area contributed by atoms with Crippen molar-refractivity contribution in [3.05, 3.63) is 34.2 Å². The van der Waals surface area contributed by atoms with E-state index in [1.165, 1.54) is 6.07 Å². The van der Waals surface area contributed by atoms with Crippen LogP contribution in [0.4, 0.5) is 4.39 Å². The summed E-state index contributed by atoms with van der Waals surface area (Å²) >= 11 is 5.92. The van der Waals surface area contributed by atoms with E-state index in [9.17, 15) is 4.39 Å². The molecule has 0 aliphatic rings. The Labute approximate surface area is 87.1 Å². The molecule has 14 heavy (non-hydrogen) atoms. The van der Waals surface area contributed by atoms with Crippen molar-refractivity contribution in [3.8, 4) is 0 Å². The first kappa shape index (κ1) is 9.53. The number of rotatable bonds is 0. The molecule has 1 nitrogen and oxygen atoms in total. The van der Waals surface area contributed by atoms with Crippen molar-refractivity contribution in [2.75, 3.05) is 0 Å². The number of aryl methyl sites for hydroxylation is 3. The van der Waals surface area contributed by atoms with Gasteiger partial charge in [-0.3, -0.25) is 0 Å². The van der Waals surface area contributed by atoms with Gasteiger partial charge >= 0.3 is 0 Å². The van der Waals surface area contributed by atoms with Crippen LogP contribution in [0.15, 0.2) is 12.1 Å².